The summed E-state index contributed by atoms with van der Waals surface area (Å²) in [5.41, 5.74) is 0.326. The first-order valence-corrected chi connectivity index (χ1v) is 8.41. The third-order valence-electron chi connectivity index (χ3n) is 2.95. The summed E-state index contributed by atoms with van der Waals surface area (Å²) in [5, 5.41) is 7.47. The summed E-state index contributed by atoms with van der Waals surface area (Å²) < 4.78 is 37.2. The number of esters is 1. The quantitative estimate of drug-likeness (QED) is 0.714. The summed E-state index contributed by atoms with van der Waals surface area (Å²) in [6.07, 6.45) is 0.0319. The molecule has 1 aromatic rings. The molecule has 1 atom stereocenters. The van der Waals surface area contributed by atoms with E-state index in [2.05, 4.69) is 5.32 Å². The van der Waals surface area contributed by atoms with Crippen LogP contribution in [0.2, 0.25) is 0 Å². The molecule has 1 aliphatic heterocycles. The molecule has 0 saturated carbocycles. The van der Waals surface area contributed by atoms with Crippen LogP contribution in [0.1, 0.15) is 6.92 Å². The minimum absolute atomic E-state index is 0.0821. The van der Waals surface area contributed by atoms with Crippen molar-refractivity contribution in [2.75, 3.05) is 18.5 Å². The zero-order valence-electron chi connectivity index (χ0n) is 12.7. The minimum Gasteiger partial charge on any atom is -0.493 e. The SMILES string of the molecule is CC(OC(=O)C1=COCCO1)C(=O)Nc1ccc(S(N)(=O)=O)cc1. The number of ether oxygens (including phenoxy) is 3. The van der Waals surface area contributed by atoms with Gasteiger partial charge in [0.25, 0.3) is 5.91 Å². The van der Waals surface area contributed by atoms with E-state index in [4.69, 9.17) is 19.3 Å². The fourth-order valence-corrected chi connectivity index (χ4v) is 2.23. The summed E-state index contributed by atoms with van der Waals surface area (Å²) in [4.78, 5) is 23.7. The Morgan fingerprint density at radius 2 is 1.92 bits per heavy atom. The van der Waals surface area contributed by atoms with Gasteiger partial charge in [-0.2, -0.15) is 0 Å². The maximum absolute atomic E-state index is 12.0. The van der Waals surface area contributed by atoms with Crippen molar-refractivity contribution >= 4 is 27.6 Å². The smallest absolute Gasteiger partial charge is 0.377 e. The van der Waals surface area contributed by atoms with Crippen LogP contribution in [0.25, 0.3) is 0 Å². The van der Waals surface area contributed by atoms with Crippen LogP contribution in [0.3, 0.4) is 0 Å². The summed E-state index contributed by atoms with van der Waals surface area (Å²) in [6.45, 7) is 1.94. The molecule has 0 fully saturated rings. The van der Waals surface area contributed by atoms with Crippen molar-refractivity contribution in [2.24, 2.45) is 5.14 Å². The van der Waals surface area contributed by atoms with Crippen LogP contribution >= 0.6 is 0 Å². The summed E-state index contributed by atoms with van der Waals surface area (Å²) in [6, 6.07) is 5.24. The highest BCUT2D eigenvalue weighted by atomic mass is 32.2. The van der Waals surface area contributed by atoms with Gasteiger partial charge >= 0.3 is 5.97 Å². The Hall–Kier alpha value is -2.59. The number of hydrogen-bond donors (Lipinski definition) is 2. The monoisotopic (exact) mass is 356 g/mol. The van der Waals surface area contributed by atoms with Crippen molar-refractivity contribution in [1.29, 1.82) is 0 Å². The lowest BCUT2D eigenvalue weighted by Gasteiger charge is -2.17. The number of carbonyl (C=O) groups excluding carboxylic acids is 2. The highest BCUT2D eigenvalue weighted by Crippen LogP contribution is 2.14. The number of nitrogens with one attached hydrogen (secondary N) is 1. The molecule has 0 bridgehead atoms. The number of anilines is 1. The van der Waals surface area contributed by atoms with Gasteiger partial charge in [0.2, 0.25) is 15.8 Å². The van der Waals surface area contributed by atoms with E-state index in [-0.39, 0.29) is 17.3 Å². The predicted octanol–water partition coefficient (Wildman–Crippen LogP) is 0.0924. The lowest BCUT2D eigenvalue weighted by Crippen LogP contribution is -2.31. The van der Waals surface area contributed by atoms with Gasteiger partial charge < -0.3 is 19.5 Å². The van der Waals surface area contributed by atoms with Crippen LogP contribution in [0.5, 0.6) is 0 Å². The molecule has 0 aliphatic carbocycles. The normalized spacial score (nSPS) is 15.3. The first-order chi connectivity index (χ1) is 11.3. The van der Waals surface area contributed by atoms with E-state index in [1.807, 2.05) is 0 Å². The van der Waals surface area contributed by atoms with Gasteiger partial charge in [-0.15, -0.1) is 0 Å². The maximum Gasteiger partial charge on any atom is 0.377 e. The number of sulfonamides is 1. The van der Waals surface area contributed by atoms with E-state index in [1.165, 1.54) is 31.2 Å². The van der Waals surface area contributed by atoms with Gasteiger partial charge in [-0.1, -0.05) is 0 Å². The van der Waals surface area contributed by atoms with Crippen LogP contribution in [0.4, 0.5) is 5.69 Å². The molecule has 9 nitrogen and oxygen atoms in total. The number of hydrogen-bond acceptors (Lipinski definition) is 7. The Labute approximate surface area is 138 Å². The largest absolute Gasteiger partial charge is 0.493 e. The zero-order valence-corrected chi connectivity index (χ0v) is 13.5. The van der Waals surface area contributed by atoms with Crippen LogP contribution in [-0.4, -0.2) is 39.6 Å². The molecule has 1 amide bonds. The number of rotatable bonds is 5. The molecule has 0 radical (unpaired) electrons. The standard InChI is InChI=1S/C14H16N2O7S/c1-9(23-14(18)12-8-21-6-7-22-12)13(17)16-10-2-4-11(5-3-10)24(15,19)20/h2-5,8-9H,6-7H2,1H3,(H,16,17)(H2,15,19,20). The Kier molecular flexibility index (Phi) is 5.42. The van der Waals surface area contributed by atoms with Crippen molar-refractivity contribution < 1.29 is 32.2 Å². The van der Waals surface area contributed by atoms with E-state index >= 15 is 0 Å². The molecule has 1 aliphatic rings. The number of benzene rings is 1. The second kappa shape index (κ2) is 7.32. The van der Waals surface area contributed by atoms with Crippen molar-refractivity contribution in [2.45, 2.75) is 17.9 Å². The number of primary sulfonamides is 1. The Morgan fingerprint density at radius 1 is 1.25 bits per heavy atom. The fraction of sp³-hybridized carbons (Fsp3) is 0.286. The summed E-state index contributed by atoms with van der Waals surface area (Å²) >= 11 is 0. The Bertz CT molecular complexity index is 756. The lowest BCUT2D eigenvalue weighted by molar-refractivity contribution is -0.153. The van der Waals surface area contributed by atoms with Gasteiger partial charge in [-0.3, -0.25) is 4.79 Å². The topological polar surface area (TPSA) is 134 Å². The van der Waals surface area contributed by atoms with Crippen LogP contribution in [0, 0.1) is 0 Å². The first-order valence-electron chi connectivity index (χ1n) is 6.86. The molecule has 1 unspecified atom stereocenters. The Balaban J connectivity index is 1.93. The molecular weight excluding hydrogens is 340 g/mol. The molecule has 1 aromatic carbocycles. The van der Waals surface area contributed by atoms with E-state index < -0.39 is 28.0 Å². The van der Waals surface area contributed by atoms with Crippen molar-refractivity contribution in [3.8, 4) is 0 Å². The minimum atomic E-state index is -3.81. The summed E-state index contributed by atoms with van der Waals surface area (Å²) in [7, 11) is -3.81. The molecule has 3 N–H and O–H groups in total. The lowest BCUT2D eigenvalue weighted by atomic mass is 10.3. The van der Waals surface area contributed by atoms with Crippen molar-refractivity contribution in [3.05, 3.63) is 36.3 Å². The van der Waals surface area contributed by atoms with Gasteiger partial charge in [-0.05, 0) is 31.2 Å². The van der Waals surface area contributed by atoms with Crippen molar-refractivity contribution in [3.63, 3.8) is 0 Å². The fourth-order valence-electron chi connectivity index (χ4n) is 1.72. The number of amides is 1. The van der Waals surface area contributed by atoms with Crippen LogP contribution < -0.4 is 10.5 Å². The highest BCUT2D eigenvalue weighted by molar-refractivity contribution is 7.89. The number of nitrogens with two attached hydrogens (primary N) is 1. The first kappa shape index (κ1) is 17.8. The molecule has 0 aromatic heterocycles. The molecular formula is C14H16N2O7S. The highest BCUT2D eigenvalue weighted by Gasteiger charge is 2.23. The zero-order chi connectivity index (χ0) is 17.7. The second-order valence-corrected chi connectivity index (χ2v) is 6.37. The average molecular weight is 356 g/mol. The van der Waals surface area contributed by atoms with E-state index in [0.717, 1.165) is 6.26 Å². The third-order valence-corrected chi connectivity index (χ3v) is 3.88. The average Bonchev–Trinajstić information content (AvgIpc) is 2.55. The van der Waals surface area contributed by atoms with Gasteiger partial charge in [0.15, 0.2) is 6.10 Å². The van der Waals surface area contributed by atoms with Gasteiger partial charge in [0, 0.05) is 5.69 Å². The van der Waals surface area contributed by atoms with E-state index in [0.29, 0.717) is 12.3 Å². The van der Waals surface area contributed by atoms with Crippen LogP contribution in [0.15, 0.2) is 41.2 Å². The van der Waals surface area contributed by atoms with Gasteiger partial charge in [0.1, 0.15) is 19.5 Å². The molecule has 0 saturated heterocycles. The third kappa shape index (κ3) is 4.70. The van der Waals surface area contributed by atoms with E-state index in [9.17, 15) is 18.0 Å². The van der Waals surface area contributed by atoms with Crippen molar-refractivity contribution in [1.82, 2.24) is 0 Å². The molecule has 2 rings (SSSR count). The van der Waals surface area contributed by atoms with Gasteiger partial charge in [-0.25, -0.2) is 18.4 Å². The molecule has 130 valence electrons. The predicted molar refractivity (Wildman–Crippen MR) is 82.0 cm³/mol. The van der Waals surface area contributed by atoms with Crippen LogP contribution in [-0.2, 0) is 33.8 Å². The Morgan fingerprint density at radius 3 is 2.46 bits per heavy atom. The van der Waals surface area contributed by atoms with E-state index in [1.54, 1.807) is 0 Å². The number of carbonyl (C=O) groups is 2. The molecule has 0 spiro atoms. The maximum atomic E-state index is 12.0. The molecule has 1 heterocycles. The second-order valence-electron chi connectivity index (χ2n) is 4.81. The molecule has 24 heavy (non-hydrogen) atoms. The molecule has 10 heteroatoms. The summed E-state index contributed by atoms with van der Waals surface area (Å²) in [5.74, 6) is -1.52. The van der Waals surface area contributed by atoms with Gasteiger partial charge in [0.05, 0.1) is 4.90 Å².